The summed E-state index contributed by atoms with van der Waals surface area (Å²) in [6, 6.07) is 0.493. The zero-order valence-electron chi connectivity index (χ0n) is 12.4. The van der Waals surface area contributed by atoms with E-state index in [0.29, 0.717) is 25.7 Å². The van der Waals surface area contributed by atoms with Crippen LogP contribution < -0.4 is 10.6 Å². The van der Waals surface area contributed by atoms with Gasteiger partial charge in [-0.3, -0.25) is 4.79 Å². The standard InChI is InChI=1S/C14H28N2O3/c1-4-18-10-13(11(2)3)15-9-14(17)16-12-5-7-19-8-6-12/h11-13,15H,4-10H2,1-3H3,(H,16,17). The van der Waals surface area contributed by atoms with Crippen LogP contribution in [0.2, 0.25) is 0 Å². The summed E-state index contributed by atoms with van der Waals surface area (Å²) >= 11 is 0. The monoisotopic (exact) mass is 272 g/mol. The SMILES string of the molecule is CCOCC(NCC(=O)NC1CCOCC1)C(C)C. The Kier molecular flexibility index (Phi) is 8.02. The normalized spacial score (nSPS) is 18.5. The number of carbonyl (C=O) groups excluding carboxylic acids is 1. The van der Waals surface area contributed by atoms with Crippen LogP contribution in [-0.2, 0) is 14.3 Å². The molecule has 1 amide bonds. The van der Waals surface area contributed by atoms with Gasteiger partial charge in [0.05, 0.1) is 13.2 Å². The Labute approximate surface area is 116 Å². The van der Waals surface area contributed by atoms with Gasteiger partial charge in [-0.2, -0.15) is 0 Å². The first-order valence-electron chi connectivity index (χ1n) is 7.31. The lowest BCUT2D eigenvalue weighted by molar-refractivity contribution is -0.121. The molecule has 19 heavy (non-hydrogen) atoms. The molecule has 5 nitrogen and oxygen atoms in total. The molecule has 0 radical (unpaired) electrons. The molecule has 0 aromatic heterocycles. The summed E-state index contributed by atoms with van der Waals surface area (Å²) in [6.07, 6.45) is 1.83. The minimum Gasteiger partial charge on any atom is -0.381 e. The van der Waals surface area contributed by atoms with E-state index in [1.165, 1.54) is 0 Å². The van der Waals surface area contributed by atoms with Gasteiger partial charge in [0.1, 0.15) is 0 Å². The van der Waals surface area contributed by atoms with E-state index in [1.807, 2.05) is 6.92 Å². The van der Waals surface area contributed by atoms with Gasteiger partial charge in [-0.1, -0.05) is 13.8 Å². The molecule has 0 saturated carbocycles. The van der Waals surface area contributed by atoms with Crippen molar-refractivity contribution in [2.75, 3.05) is 33.0 Å². The molecule has 0 spiro atoms. The molecule has 1 unspecified atom stereocenters. The second-order valence-corrected chi connectivity index (χ2v) is 5.35. The lowest BCUT2D eigenvalue weighted by atomic mass is 10.1. The lowest BCUT2D eigenvalue weighted by Crippen LogP contribution is -2.47. The minimum absolute atomic E-state index is 0.0639. The van der Waals surface area contributed by atoms with Crippen molar-refractivity contribution in [1.82, 2.24) is 10.6 Å². The highest BCUT2D eigenvalue weighted by Gasteiger charge is 2.18. The second-order valence-electron chi connectivity index (χ2n) is 5.35. The first kappa shape index (κ1) is 16.4. The van der Waals surface area contributed by atoms with Crippen LogP contribution in [0.5, 0.6) is 0 Å². The van der Waals surface area contributed by atoms with Crippen molar-refractivity contribution in [1.29, 1.82) is 0 Å². The number of hydrogen-bond acceptors (Lipinski definition) is 4. The summed E-state index contributed by atoms with van der Waals surface area (Å²) in [5, 5.41) is 6.32. The Bertz CT molecular complexity index is 253. The molecule has 1 aliphatic rings. The molecule has 1 saturated heterocycles. The van der Waals surface area contributed by atoms with Crippen LogP contribution in [0, 0.1) is 5.92 Å². The average Bonchev–Trinajstić information content (AvgIpc) is 2.39. The lowest BCUT2D eigenvalue weighted by Gasteiger charge is -2.25. The highest BCUT2D eigenvalue weighted by molar-refractivity contribution is 5.78. The van der Waals surface area contributed by atoms with Gasteiger partial charge in [0, 0.05) is 31.9 Å². The van der Waals surface area contributed by atoms with Crippen LogP contribution in [-0.4, -0.2) is 51.0 Å². The summed E-state index contributed by atoms with van der Waals surface area (Å²) in [6.45, 7) is 9.45. The van der Waals surface area contributed by atoms with Crippen molar-refractivity contribution in [2.45, 2.75) is 45.7 Å². The second kappa shape index (κ2) is 9.28. The molecule has 1 atom stereocenters. The van der Waals surface area contributed by atoms with Crippen molar-refractivity contribution in [3.63, 3.8) is 0 Å². The van der Waals surface area contributed by atoms with Crippen molar-refractivity contribution >= 4 is 5.91 Å². The number of carbonyl (C=O) groups is 1. The molecule has 2 N–H and O–H groups in total. The first-order chi connectivity index (χ1) is 9.13. The molecule has 1 aliphatic heterocycles. The molecular weight excluding hydrogens is 244 g/mol. The maximum absolute atomic E-state index is 11.9. The molecule has 1 heterocycles. The predicted octanol–water partition coefficient (Wildman–Crippen LogP) is 0.932. The molecular formula is C14H28N2O3. The number of nitrogens with one attached hydrogen (secondary N) is 2. The third kappa shape index (κ3) is 6.89. The number of ether oxygens (including phenoxy) is 2. The van der Waals surface area contributed by atoms with Gasteiger partial charge in [0.25, 0.3) is 0 Å². The zero-order chi connectivity index (χ0) is 14.1. The van der Waals surface area contributed by atoms with E-state index in [-0.39, 0.29) is 18.0 Å². The Hall–Kier alpha value is -0.650. The van der Waals surface area contributed by atoms with Crippen LogP contribution in [0.4, 0.5) is 0 Å². The summed E-state index contributed by atoms with van der Waals surface area (Å²) in [4.78, 5) is 11.9. The van der Waals surface area contributed by atoms with E-state index < -0.39 is 0 Å². The van der Waals surface area contributed by atoms with Gasteiger partial charge in [-0.05, 0) is 25.7 Å². The van der Waals surface area contributed by atoms with Gasteiger partial charge in [0.15, 0.2) is 0 Å². The van der Waals surface area contributed by atoms with E-state index >= 15 is 0 Å². The van der Waals surface area contributed by atoms with Crippen LogP contribution in [0.3, 0.4) is 0 Å². The molecule has 0 bridgehead atoms. The smallest absolute Gasteiger partial charge is 0.234 e. The fraction of sp³-hybridized carbons (Fsp3) is 0.929. The number of rotatable bonds is 8. The fourth-order valence-corrected chi connectivity index (χ4v) is 2.08. The largest absolute Gasteiger partial charge is 0.381 e. The van der Waals surface area contributed by atoms with E-state index in [2.05, 4.69) is 24.5 Å². The van der Waals surface area contributed by atoms with Crippen molar-refractivity contribution < 1.29 is 14.3 Å². The van der Waals surface area contributed by atoms with Crippen LogP contribution >= 0.6 is 0 Å². The molecule has 5 heteroatoms. The quantitative estimate of drug-likeness (QED) is 0.690. The highest BCUT2D eigenvalue weighted by atomic mass is 16.5. The Morgan fingerprint density at radius 1 is 1.37 bits per heavy atom. The Morgan fingerprint density at radius 3 is 2.63 bits per heavy atom. The highest BCUT2D eigenvalue weighted by Crippen LogP contribution is 2.06. The summed E-state index contributed by atoms with van der Waals surface area (Å²) in [5.41, 5.74) is 0. The van der Waals surface area contributed by atoms with Crippen molar-refractivity contribution in [3.05, 3.63) is 0 Å². The molecule has 1 rings (SSSR count). The predicted molar refractivity (Wildman–Crippen MR) is 75.1 cm³/mol. The zero-order valence-corrected chi connectivity index (χ0v) is 12.4. The van der Waals surface area contributed by atoms with E-state index in [0.717, 1.165) is 26.1 Å². The first-order valence-corrected chi connectivity index (χ1v) is 7.31. The maximum atomic E-state index is 11.9. The van der Waals surface area contributed by atoms with Crippen LogP contribution in [0.25, 0.3) is 0 Å². The van der Waals surface area contributed by atoms with E-state index in [1.54, 1.807) is 0 Å². The van der Waals surface area contributed by atoms with Crippen molar-refractivity contribution in [2.24, 2.45) is 5.92 Å². The topological polar surface area (TPSA) is 59.6 Å². The average molecular weight is 272 g/mol. The molecule has 1 fully saturated rings. The third-order valence-electron chi connectivity index (χ3n) is 3.42. The summed E-state index contributed by atoms with van der Waals surface area (Å²) in [7, 11) is 0. The molecule has 0 aromatic rings. The molecule has 0 aromatic carbocycles. The third-order valence-corrected chi connectivity index (χ3v) is 3.42. The van der Waals surface area contributed by atoms with E-state index in [9.17, 15) is 4.79 Å². The van der Waals surface area contributed by atoms with Crippen LogP contribution in [0.1, 0.15) is 33.6 Å². The maximum Gasteiger partial charge on any atom is 0.234 e. The van der Waals surface area contributed by atoms with Gasteiger partial charge < -0.3 is 20.1 Å². The van der Waals surface area contributed by atoms with Gasteiger partial charge in [0.2, 0.25) is 5.91 Å². The fourth-order valence-electron chi connectivity index (χ4n) is 2.08. The Morgan fingerprint density at radius 2 is 2.05 bits per heavy atom. The van der Waals surface area contributed by atoms with Gasteiger partial charge in [-0.25, -0.2) is 0 Å². The minimum atomic E-state index is 0.0639. The van der Waals surface area contributed by atoms with Crippen molar-refractivity contribution in [3.8, 4) is 0 Å². The van der Waals surface area contributed by atoms with E-state index in [4.69, 9.17) is 9.47 Å². The van der Waals surface area contributed by atoms with Gasteiger partial charge >= 0.3 is 0 Å². The molecule has 0 aliphatic carbocycles. The van der Waals surface area contributed by atoms with Gasteiger partial charge in [-0.15, -0.1) is 0 Å². The molecule has 112 valence electrons. The number of hydrogen-bond donors (Lipinski definition) is 2. The van der Waals surface area contributed by atoms with Crippen LogP contribution in [0.15, 0.2) is 0 Å². The number of amides is 1. The summed E-state index contributed by atoms with van der Waals surface area (Å²) < 4.78 is 10.7. The summed E-state index contributed by atoms with van der Waals surface area (Å²) in [5.74, 6) is 0.511. The Balaban J connectivity index is 2.22.